The average Bonchev–Trinajstić information content (AvgIpc) is 2.49. The smallest absolute Gasteiger partial charge is 0.245 e. The summed E-state index contributed by atoms with van der Waals surface area (Å²) < 4.78 is 26.7. The maximum Gasteiger partial charge on any atom is 0.245 e. The second-order valence-corrected chi connectivity index (χ2v) is 6.66. The first-order valence-electron chi connectivity index (χ1n) is 6.74. The molecular formula is C15H19N3O2S. The second-order valence-electron chi connectivity index (χ2n) is 4.65. The van der Waals surface area contributed by atoms with E-state index < -0.39 is 10.0 Å². The van der Waals surface area contributed by atoms with Crippen LogP contribution in [-0.4, -0.2) is 31.3 Å². The molecule has 0 radical (unpaired) electrons. The van der Waals surface area contributed by atoms with Crippen LogP contribution in [0.25, 0.3) is 0 Å². The summed E-state index contributed by atoms with van der Waals surface area (Å²) in [5.74, 6) is 0. The van der Waals surface area contributed by atoms with Crippen LogP contribution in [0.3, 0.4) is 0 Å². The van der Waals surface area contributed by atoms with Crippen LogP contribution in [0.15, 0.2) is 53.7 Å². The van der Waals surface area contributed by atoms with Gasteiger partial charge in [-0.25, -0.2) is 8.42 Å². The molecule has 1 N–H and O–H groups in total. The number of rotatable bonds is 6. The Bertz CT molecular complexity index is 687. The van der Waals surface area contributed by atoms with Gasteiger partial charge >= 0.3 is 0 Å². The van der Waals surface area contributed by atoms with Gasteiger partial charge < -0.3 is 5.32 Å². The normalized spacial score (nSPS) is 11.6. The molecular weight excluding hydrogens is 286 g/mol. The zero-order valence-corrected chi connectivity index (χ0v) is 13.0. The van der Waals surface area contributed by atoms with Crippen molar-refractivity contribution < 1.29 is 8.42 Å². The molecule has 5 nitrogen and oxygen atoms in total. The summed E-state index contributed by atoms with van der Waals surface area (Å²) in [7, 11) is -1.97. The van der Waals surface area contributed by atoms with Gasteiger partial charge in [-0.2, -0.15) is 4.31 Å². The van der Waals surface area contributed by atoms with E-state index in [4.69, 9.17) is 0 Å². The number of hydrogen-bond acceptors (Lipinski definition) is 4. The molecule has 0 saturated carbocycles. The topological polar surface area (TPSA) is 62.3 Å². The minimum Gasteiger partial charge on any atom is -0.384 e. The summed E-state index contributed by atoms with van der Waals surface area (Å²) in [6.07, 6.45) is 3.33. The molecule has 6 heteroatoms. The van der Waals surface area contributed by atoms with Gasteiger partial charge in [0.25, 0.3) is 0 Å². The maximum atomic E-state index is 12.7. The van der Waals surface area contributed by atoms with E-state index in [-0.39, 0.29) is 6.54 Å². The van der Waals surface area contributed by atoms with Crippen LogP contribution in [0, 0.1) is 0 Å². The number of pyridine rings is 1. The molecule has 0 atom stereocenters. The molecule has 2 rings (SSSR count). The Morgan fingerprint density at radius 2 is 1.95 bits per heavy atom. The van der Waals surface area contributed by atoms with Crippen molar-refractivity contribution in [3.05, 3.63) is 54.4 Å². The lowest BCUT2D eigenvalue weighted by Gasteiger charge is -2.19. The van der Waals surface area contributed by atoms with Gasteiger partial charge in [0.15, 0.2) is 0 Å². The van der Waals surface area contributed by atoms with E-state index >= 15 is 0 Å². The molecule has 0 aliphatic rings. The van der Waals surface area contributed by atoms with E-state index in [1.54, 1.807) is 43.7 Å². The van der Waals surface area contributed by atoms with Gasteiger partial charge in [0.1, 0.15) is 4.90 Å². The average molecular weight is 305 g/mol. The first-order chi connectivity index (χ1) is 10.1. The number of nitrogens with zero attached hydrogens (tertiary/aromatic N) is 2. The minimum atomic E-state index is -3.55. The lowest BCUT2D eigenvalue weighted by atomic mass is 10.3. The van der Waals surface area contributed by atoms with Gasteiger partial charge in [-0.3, -0.25) is 4.98 Å². The summed E-state index contributed by atoms with van der Waals surface area (Å²) in [6.45, 7) is 2.89. The van der Waals surface area contributed by atoms with Crippen molar-refractivity contribution >= 4 is 15.7 Å². The van der Waals surface area contributed by atoms with Crippen LogP contribution in [0.5, 0.6) is 0 Å². The summed E-state index contributed by atoms with van der Waals surface area (Å²) in [5, 5.41) is 3.08. The summed E-state index contributed by atoms with van der Waals surface area (Å²) in [4.78, 5) is 4.30. The maximum absolute atomic E-state index is 12.7. The molecule has 112 valence electrons. The molecule has 0 amide bonds. The minimum absolute atomic E-state index is 0.288. The molecule has 1 heterocycles. The lowest BCUT2D eigenvalue weighted by molar-refractivity contribution is 0.466. The van der Waals surface area contributed by atoms with Gasteiger partial charge in [0, 0.05) is 32.5 Å². The van der Waals surface area contributed by atoms with Crippen molar-refractivity contribution in [1.82, 2.24) is 9.29 Å². The molecule has 0 saturated heterocycles. The number of aromatic nitrogens is 1. The highest BCUT2D eigenvalue weighted by Crippen LogP contribution is 2.24. The fourth-order valence-electron chi connectivity index (χ4n) is 2.03. The van der Waals surface area contributed by atoms with Gasteiger partial charge in [-0.1, -0.05) is 18.2 Å². The van der Waals surface area contributed by atoms with Gasteiger partial charge in [0.05, 0.1) is 5.69 Å². The largest absolute Gasteiger partial charge is 0.384 e. The SMILES string of the molecule is CCNc1ccccc1S(=O)(=O)N(C)Cc1cccnc1. The predicted molar refractivity (Wildman–Crippen MR) is 83.5 cm³/mol. The monoisotopic (exact) mass is 305 g/mol. The molecule has 1 aromatic heterocycles. The number of anilines is 1. The van der Waals surface area contributed by atoms with E-state index in [2.05, 4.69) is 10.3 Å². The predicted octanol–water partition coefficient (Wildman–Crippen LogP) is 2.33. The van der Waals surface area contributed by atoms with Crippen molar-refractivity contribution in [3.8, 4) is 0 Å². The Labute approximate surface area is 125 Å². The van der Waals surface area contributed by atoms with Crippen molar-refractivity contribution in [2.24, 2.45) is 0 Å². The molecule has 0 fully saturated rings. The Balaban J connectivity index is 2.29. The van der Waals surface area contributed by atoms with E-state index in [9.17, 15) is 8.42 Å². The number of sulfonamides is 1. The first-order valence-corrected chi connectivity index (χ1v) is 8.18. The molecule has 2 aromatic rings. The highest BCUT2D eigenvalue weighted by molar-refractivity contribution is 7.89. The van der Waals surface area contributed by atoms with E-state index in [0.29, 0.717) is 17.1 Å². The van der Waals surface area contributed by atoms with Crippen LogP contribution >= 0.6 is 0 Å². The highest BCUT2D eigenvalue weighted by atomic mass is 32.2. The standard InChI is InChI=1S/C15H19N3O2S/c1-3-17-14-8-4-5-9-15(14)21(19,20)18(2)12-13-7-6-10-16-11-13/h4-11,17H,3,12H2,1-2H3. The van der Waals surface area contributed by atoms with Crippen LogP contribution in [0.2, 0.25) is 0 Å². The van der Waals surface area contributed by atoms with Crippen LogP contribution in [-0.2, 0) is 16.6 Å². The van der Waals surface area contributed by atoms with E-state index in [1.807, 2.05) is 19.1 Å². The number of para-hydroxylation sites is 1. The number of benzene rings is 1. The summed E-state index contributed by atoms with van der Waals surface area (Å²) in [6, 6.07) is 10.6. The van der Waals surface area contributed by atoms with Gasteiger partial charge in [0.2, 0.25) is 10.0 Å². The fraction of sp³-hybridized carbons (Fsp3) is 0.267. The van der Waals surface area contributed by atoms with Crippen LogP contribution in [0.1, 0.15) is 12.5 Å². The van der Waals surface area contributed by atoms with Crippen molar-refractivity contribution in [2.45, 2.75) is 18.4 Å². The zero-order valence-electron chi connectivity index (χ0n) is 12.2. The molecule has 21 heavy (non-hydrogen) atoms. The van der Waals surface area contributed by atoms with Crippen molar-refractivity contribution in [2.75, 3.05) is 18.9 Å². The van der Waals surface area contributed by atoms with Crippen LogP contribution < -0.4 is 5.32 Å². The molecule has 0 spiro atoms. The third-order valence-electron chi connectivity index (χ3n) is 3.07. The molecule has 0 aliphatic heterocycles. The Morgan fingerprint density at radius 3 is 2.62 bits per heavy atom. The van der Waals surface area contributed by atoms with E-state index in [0.717, 1.165) is 5.56 Å². The summed E-state index contributed by atoms with van der Waals surface area (Å²) in [5.41, 5.74) is 1.47. The molecule has 1 aromatic carbocycles. The van der Waals surface area contributed by atoms with Gasteiger partial charge in [-0.15, -0.1) is 0 Å². The van der Waals surface area contributed by atoms with Gasteiger partial charge in [-0.05, 0) is 30.7 Å². The Morgan fingerprint density at radius 1 is 1.19 bits per heavy atom. The fourth-order valence-corrected chi connectivity index (χ4v) is 3.35. The second kappa shape index (κ2) is 6.69. The lowest BCUT2D eigenvalue weighted by Crippen LogP contribution is -2.27. The zero-order chi connectivity index (χ0) is 15.3. The Hall–Kier alpha value is -1.92. The highest BCUT2D eigenvalue weighted by Gasteiger charge is 2.23. The summed E-state index contributed by atoms with van der Waals surface area (Å²) >= 11 is 0. The van der Waals surface area contributed by atoms with Crippen molar-refractivity contribution in [1.29, 1.82) is 0 Å². The first kappa shape index (κ1) is 15.5. The van der Waals surface area contributed by atoms with E-state index in [1.165, 1.54) is 4.31 Å². The molecule has 0 bridgehead atoms. The number of nitrogens with one attached hydrogen (secondary N) is 1. The third-order valence-corrected chi connectivity index (χ3v) is 4.93. The van der Waals surface area contributed by atoms with Crippen molar-refractivity contribution in [3.63, 3.8) is 0 Å². The number of hydrogen-bond donors (Lipinski definition) is 1. The third kappa shape index (κ3) is 3.59. The van der Waals surface area contributed by atoms with Crippen LogP contribution in [0.4, 0.5) is 5.69 Å². The molecule has 0 unspecified atom stereocenters. The quantitative estimate of drug-likeness (QED) is 0.890. The Kier molecular flexibility index (Phi) is 4.93. The molecule has 0 aliphatic carbocycles.